The average molecular weight is 370 g/mol. The molecule has 0 unspecified atom stereocenters. The largest absolute Gasteiger partial charge is 0.508 e. The highest BCUT2D eigenvalue weighted by molar-refractivity contribution is 6.32. The molecule has 0 aromatic heterocycles. The van der Waals surface area contributed by atoms with Crippen LogP contribution in [-0.4, -0.2) is 22.0 Å². The van der Waals surface area contributed by atoms with Gasteiger partial charge in [0.2, 0.25) is 0 Å². The van der Waals surface area contributed by atoms with Gasteiger partial charge in [0.1, 0.15) is 17.2 Å². The van der Waals surface area contributed by atoms with Crippen molar-refractivity contribution in [2.75, 3.05) is 10.6 Å². The van der Waals surface area contributed by atoms with E-state index in [0.29, 0.717) is 28.4 Å². The van der Waals surface area contributed by atoms with Crippen molar-refractivity contribution in [3.05, 3.63) is 59.6 Å². The number of aliphatic imine (C=N–C) groups is 1. The standard InChI is InChI=1S/C19H16ClN3O3/c1-21-15-10-19(26)17(22-11-2-5-13(24)6-3-11)9-16(15)23-12-4-7-18(25)14(20)8-12/h2-10,22-26H,1H2. The van der Waals surface area contributed by atoms with E-state index in [1.165, 1.54) is 24.3 Å². The van der Waals surface area contributed by atoms with E-state index in [-0.39, 0.29) is 22.3 Å². The van der Waals surface area contributed by atoms with Crippen LogP contribution in [0.4, 0.5) is 28.4 Å². The predicted molar refractivity (Wildman–Crippen MR) is 105 cm³/mol. The molecule has 3 rings (SSSR count). The summed E-state index contributed by atoms with van der Waals surface area (Å²) in [5.41, 5.74) is 2.80. The Bertz CT molecular complexity index is 959. The number of hydrogen-bond acceptors (Lipinski definition) is 6. The highest BCUT2D eigenvalue weighted by Gasteiger charge is 2.10. The number of hydrogen-bond donors (Lipinski definition) is 5. The van der Waals surface area contributed by atoms with E-state index < -0.39 is 0 Å². The number of anilines is 4. The maximum atomic E-state index is 10.2. The molecule has 0 bridgehead atoms. The first-order valence-corrected chi connectivity index (χ1v) is 7.99. The number of aromatic hydroxyl groups is 3. The maximum Gasteiger partial charge on any atom is 0.141 e. The van der Waals surface area contributed by atoms with Crippen molar-refractivity contribution in [3.63, 3.8) is 0 Å². The van der Waals surface area contributed by atoms with Crippen molar-refractivity contribution in [1.82, 2.24) is 0 Å². The molecule has 0 atom stereocenters. The van der Waals surface area contributed by atoms with E-state index >= 15 is 0 Å². The Hall–Kier alpha value is -3.38. The fraction of sp³-hybridized carbons (Fsp3) is 0. The molecule has 132 valence electrons. The third kappa shape index (κ3) is 3.81. The molecule has 3 aromatic carbocycles. The van der Waals surface area contributed by atoms with Crippen LogP contribution in [0.15, 0.2) is 59.6 Å². The van der Waals surface area contributed by atoms with E-state index in [9.17, 15) is 15.3 Å². The highest BCUT2D eigenvalue weighted by atomic mass is 35.5. The van der Waals surface area contributed by atoms with Crippen molar-refractivity contribution < 1.29 is 15.3 Å². The molecule has 0 aliphatic carbocycles. The lowest BCUT2D eigenvalue weighted by atomic mass is 10.2. The van der Waals surface area contributed by atoms with Gasteiger partial charge in [0.05, 0.1) is 22.1 Å². The quantitative estimate of drug-likeness (QED) is 0.239. The molecule has 0 aliphatic rings. The molecule has 0 amide bonds. The molecule has 26 heavy (non-hydrogen) atoms. The minimum atomic E-state index is -0.0142. The molecule has 3 aromatic rings. The second-order valence-corrected chi connectivity index (χ2v) is 5.91. The first kappa shape index (κ1) is 17.4. The zero-order chi connectivity index (χ0) is 18.7. The lowest BCUT2D eigenvalue weighted by Gasteiger charge is -2.15. The lowest BCUT2D eigenvalue weighted by molar-refractivity contribution is 0.475. The van der Waals surface area contributed by atoms with E-state index in [4.69, 9.17) is 11.6 Å². The summed E-state index contributed by atoms with van der Waals surface area (Å²) in [6, 6.07) is 14.3. The summed E-state index contributed by atoms with van der Waals surface area (Å²) in [6.45, 7) is 3.51. The average Bonchev–Trinajstić information content (AvgIpc) is 2.62. The molecule has 5 N–H and O–H groups in total. The maximum absolute atomic E-state index is 10.2. The van der Waals surface area contributed by atoms with E-state index in [1.807, 2.05) is 0 Å². The van der Waals surface area contributed by atoms with Crippen molar-refractivity contribution in [1.29, 1.82) is 0 Å². The van der Waals surface area contributed by atoms with Crippen LogP contribution in [0.1, 0.15) is 0 Å². The first-order chi connectivity index (χ1) is 12.5. The van der Waals surface area contributed by atoms with Gasteiger partial charge < -0.3 is 26.0 Å². The van der Waals surface area contributed by atoms with Gasteiger partial charge in [-0.05, 0) is 55.2 Å². The Labute approximate surface area is 155 Å². The van der Waals surface area contributed by atoms with Gasteiger partial charge in [0.15, 0.2) is 0 Å². The monoisotopic (exact) mass is 369 g/mol. The zero-order valence-corrected chi connectivity index (χ0v) is 14.3. The number of nitrogens with one attached hydrogen (secondary N) is 2. The minimum absolute atomic E-state index is 0.00485. The summed E-state index contributed by atoms with van der Waals surface area (Å²) >= 11 is 5.93. The van der Waals surface area contributed by atoms with Crippen LogP contribution in [-0.2, 0) is 0 Å². The Morgan fingerprint density at radius 2 is 1.42 bits per heavy atom. The minimum Gasteiger partial charge on any atom is -0.508 e. The molecule has 0 fully saturated rings. The Balaban J connectivity index is 1.94. The van der Waals surface area contributed by atoms with Gasteiger partial charge >= 0.3 is 0 Å². The normalized spacial score (nSPS) is 10.3. The van der Waals surface area contributed by atoms with E-state index in [0.717, 1.165) is 0 Å². The molecule has 6 nitrogen and oxygen atoms in total. The van der Waals surface area contributed by atoms with Gasteiger partial charge in [0, 0.05) is 17.4 Å². The smallest absolute Gasteiger partial charge is 0.141 e. The summed E-state index contributed by atoms with van der Waals surface area (Å²) in [7, 11) is 0. The topological polar surface area (TPSA) is 97.1 Å². The van der Waals surface area contributed by atoms with Gasteiger partial charge in [-0.2, -0.15) is 0 Å². The molecule has 0 saturated heterocycles. The molecule has 0 radical (unpaired) electrons. The zero-order valence-electron chi connectivity index (χ0n) is 13.6. The molecule has 0 saturated carbocycles. The van der Waals surface area contributed by atoms with Gasteiger partial charge in [-0.25, -0.2) is 0 Å². The highest BCUT2D eigenvalue weighted by Crippen LogP contribution is 2.39. The predicted octanol–water partition coefficient (Wildman–Crippen LogP) is 5.28. The van der Waals surface area contributed by atoms with Crippen LogP contribution in [0.5, 0.6) is 17.2 Å². The number of benzene rings is 3. The van der Waals surface area contributed by atoms with Crippen molar-refractivity contribution in [2.45, 2.75) is 0 Å². The van der Waals surface area contributed by atoms with Crippen LogP contribution in [0.3, 0.4) is 0 Å². The summed E-state index contributed by atoms with van der Waals surface area (Å²) in [5, 5.41) is 35.5. The fourth-order valence-electron chi connectivity index (χ4n) is 2.35. The van der Waals surface area contributed by atoms with E-state index in [2.05, 4.69) is 22.3 Å². The summed E-state index contributed by atoms with van der Waals surface area (Å²) < 4.78 is 0. The number of rotatable bonds is 5. The molecular weight excluding hydrogens is 354 g/mol. The third-order valence-electron chi connectivity index (χ3n) is 3.66. The van der Waals surface area contributed by atoms with Gasteiger partial charge in [-0.1, -0.05) is 11.6 Å². The molecule has 0 aliphatic heterocycles. The Kier molecular flexibility index (Phi) is 4.86. The van der Waals surface area contributed by atoms with E-state index in [1.54, 1.807) is 30.3 Å². The Morgan fingerprint density at radius 3 is 2.08 bits per heavy atom. The number of phenolic OH excluding ortho intramolecular Hbond substituents is 3. The van der Waals surface area contributed by atoms with Crippen LogP contribution in [0.2, 0.25) is 5.02 Å². The number of halogens is 1. The molecule has 0 heterocycles. The van der Waals surface area contributed by atoms with Gasteiger partial charge in [-0.15, -0.1) is 0 Å². The molecule has 7 heteroatoms. The van der Waals surface area contributed by atoms with Gasteiger partial charge in [0.25, 0.3) is 0 Å². The van der Waals surface area contributed by atoms with Crippen LogP contribution < -0.4 is 10.6 Å². The summed E-state index contributed by atoms with van der Waals surface area (Å²) in [5.74, 6) is 0.131. The van der Waals surface area contributed by atoms with Crippen molar-refractivity contribution in [2.24, 2.45) is 4.99 Å². The third-order valence-corrected chi connectivity index (χ3v) is 3.96. The molecule has 0 spiro atoms. The van der Waals surface area contributed by atoms with Crippen LogP contribution in [0, 0.1) is 0 Å². The second kappa shape index (κ2) is 7.25. The van der Waals surface area contributed by atoms with Crippen molar-refractivity contribution in [3.8, 4) is 17.2 Å². The van der Waals surface area contributed by atoms with Gasteiger partial charge in [-0.3, -0.25) is 4.99 Å². The lowest BCUT2D eigenvalue weighted by Crippen LogP contribution is -1.95. The molecular formula is C19H16ClN3O3. The number of phenols is 3. The Morgan fingerprint density at radius 1 is 0.769 bits per heavy atom. The summed E-state index contributed by atoms with van der Waals surface area (Å²) in [4.78, 5) is 3.91. The second-order valence-electron chi connectivity index (χ2n) is 5.51. The van der Waals surface area contributed by atoms with Crippen molar-refractivity contribution >= 4 is 46.8 Å². The number of nitrogens with zero attached hydrogens (tertiary/aromatic N) is 1. The fourth-order valence-corrected chi connectivity index (χ4v) is 2.53. The first-order valence-electron chi connectivity index (χ1n) is 7.61. The van der Waals surface area contributed by atoms with Crippen LogP contribution in [0.25, 0.3) is 0 Å². The SMILES string of the molecule is C=Nc1cc(O)c(Nc2ccc(O)cc2)cc1Nc1ccc(O)c(Cl)c1. The van der Waals surface area contributed by atoms with Crippen LogP contribution >= 0.6 is 11.6 Å². The summed E-state index contributed by atoms with van der Waals surface area (Å²) in [6.07, 6.45) is 0.